The summed E-state index contributed by atoms with van der Waals surface area (Å²) in [6.45, 7) is 8.41. The molecule has 0 bridgehead atoms. The van der Waals surface area contributed by atoms with Crippen LogP contribution in [0.3, 0.4) is 0 Å². The van der Waals surface area contributed by atoms with Gasteiger partial charge in [-0.2, -0.15) is 11.8 Å². The second-order valence-corrected chi connectivity index (χ2v) is 5.08. The van der Waals surface area contributed by atoms with Crippen molar-refractivity contribution in [3.63, 3.8) is 0 Å². The third kappa shape index (κ3) is 5.64. The van der Waals surface area contributed by atoms with Gasteiger partial charge in [0.05, 0.1) is 5.75 Å². The van der Waals surface area contributed by atoms with Gasteiger partial charge in [-0.15, -0.1) is 0 Å². The number of carbonyl (C=O) groups is 1. The fraction of sp³-hybridized carbons (Fsp3) is 0.900. The molecule has 0 aliphatic carbocycles. The highest BCUT2D eigenvalue weighted by atomic mass is 32.2. The highest BCUT2D eigenvalue weighted by Crippen LogP contribution is 2.14. The summed E-state index contributed by atoms with van der Waals surface area (Å²) in [6.07, 6.45) is 2.15. The van der Waals surface area contributed by atoms with Gasteiger partial charge in [0.2, 0.25) is 0 Å². The molecule has 0 heterocycles. The van der Waals surface area contributed by atoms with Gasteiger partial charge in [-0.05, 0) is 11.7 Å². The average Bonchev–Trinajstić information content (AvgIpc) is 2.00. The Morgan fingerprint density at radius 1 is 1.33 bits per heavy atom. The number of carbonyl (C=O) groups excluding carboxylic acids is 1. The number of Topliss-reactive ketones (excluding diaryl/α,β-unsaturated/α-hetero) is 1. The lowest BCUT2D eigenvalue weighted by Gasteiger charge is -2.09. The highest BCUT2D eigenvalue weighted by molar-refractivity contribution is 8.00. The van der Waals surface area contributed by atoms with Gasteiger partial charge in [0, 0.05) is 5.92 Å². The molecule has 0 N–H and O–H groups in total. The summed E-state index contributed by atoms with van der Waals surface area (Å²) in [4.78, 5) is 11.4. The van der Waals surface area contributed by atoms with Crippen LogP contribution in [0.2, 0.25) is 0 Å². The Morgan fingerprint density at radius 2 is 1.92 bits per heavy atom. The number of thioether (sulfide) groups is 1. The van der Waals surface area contributed by atoms with E-state index in [0.717, 1.165) is 12.8 Å². The molecule has 1 nitrogen and oxygen atoms in total. The molecule has 0 aromatic rings. The molecule has 0 saturated heterocycles. The van der Waals surface area contributed by atoms with Gasteiger partial charge in [0.25, 0.3) is 0 Å². The molecule has 0 rings (SSSR count). The van der Waals surface area contributed by atoms with E-state index < -0.39 is 0 Å². The predicted molar refractivity (Wildman–Crippen MR) is 56.7 cm³/mol. The average molecular weight is 188 g/mol. The highest BCUT2D eigenvalue weighted by Gasteiger charge is 2.11. The van der Waals surface area contributed by atoms with Crippen LogP contribution in [0.4, 0.5) is 0 Å². The lowest BCUT2D eigenvalue weighted by atomic mass is 10.0. The van der Waals surface area contributed by atoms with Crippen molar-refractivity contribution in [3.8, 4) is 0 Å². The van der Waals surface area contributed by atoms with Crippen LogP contribution >= 0.6 is 11.8 Å². The fourth-order valence-electron chi connectivity index (χ4n) is 0.985. The summed E-state index contributed by atoms with van der Waals surface area (Å²) < 4.78 is 0. The van der Waals surface area contributed by atoms with Gasteiger partial charge >= 0.3 is 0 Å². The zero-order chi connectivity index (χ0) is 9.56. The van der Waals surface area contributed by atoms with E-state index >= 15 is 0 Å². The van der Waals surface area contributed by atoms with Gasteiger partial charge in [-0.3, -0.25) is 4.79 Å². The smallest absolute Gasteiger partial charge is 0.145 e. The molecule has 72 valence electrons. The lowest BCUT2D eigenvalue weighted by molar-refractivity contribution is -0.120. The number of rotatable bonds is 6. The Balaban J connectivity index is 3.57. The van der Waals surface area contributed by atoms with Crippen molar-refractivity contribution < 1.29 is 4.79 Å². The normalized spacial score (nSPS) is 13.4. The minimum atomic E-state index is 0.265. The molecule has 2 heteroatoms. The summed E-state index contributed by atoms with van der Waals surface area (Å²) in [5, 5.41) is 0.572. The van der Waals surface area contributed by atoms with E-state index in [2.05, 4.69) is 20.8 Å². The summed E-state index contributed by atoms with van der Waals surface area (Å²) in [5.41, 5.74) is 0. The van der Waals surface area contributed by atoms with Crippen LogP contribution in [0.15, 0.2) is 0 Å². The third-order valence-corrected chi connectivity index (χ3v) is 2.95. The minimum Gasteiger partial charge on any atom is -0.298 e. The SMILES string of the molecule is CCCC(C)C(=O)CSC(C)C. The van der Waals surface area contributed by atoms with Gasteiger partial charge in [0.1, 0.15) is 5.78 Å². The molecular weight excluding hydrogens is 168 g/mol. The van der Waals surface area contributed by atoms with Crippen LogP contribution < -0.4 is 0 Å². The lowest BCUT2D eigenvalue weighted by Crippen LogP contribution is -2.14. The Morgan fingerprint density at radius 3 is 2.33 bits per heavy atom. The number of ketones is 1. The quantitative estimate of drug-likeness (QED) is 0.637. The van der Waals surface area contributed by atoms with Crippen LogP contribution in [-0.4, -0.2) is 16.8 Å². The van der Waals surface area contributed by atoms with Gasteiger partial charge in [0.15, 0.2) is 0 Å². The van der Waals surface area contributed by atoms with Crippen molar-refractivity contribution in [3.05, 3.63) is 0 Å². The molecule has 0 amide bonds. The first-order valence-corrected chi connectivity index (χ1v) is 5.77. The molecule has 0 radical (unpaired) electrons. The molecule has 0 spiro atoms. The molecule has 0 aliphatic rings. The first-order chi connectivity index (χ1) is 5.57. The largest absolute Gasteiger partial charge is 0.298 e. The van der Waals surface area contributed by atoms with Crippen molar-refractivity contribution in [1.82, 2.24) is 0 Å². The Bertz CT molecular complexity index is 132. The van der Waals surface area contributed by atoms with Crippen molar-refractivity contribution in [1.29, 1.82) is 0 Å². The molecule has 0 fully saturated rings. The Hall–Kier alpha value is 0.0200. The summed E-state index contributed by atoms with van der Waals surface area (Å²) in [5.74, 6) is 1.37. The molecule has 0 saturated carbocycles. The third-order valence-electron chi connectivity index (χ3n) is 1.83. The maximum atomic E-state index is 11.4. The molecule has 0 aliphatic heterocycles. The second-order valence-electron chi connectivity index (χ2n) is 3.52. The van der Waals surface area contributed by atoms with E-state index in [1.54, 1.807) is 11.8 Å². The topological polar surface area (TPSA) is 17.1 Å². The maximum Gasteiger partial charge on any atom is 0.145 e. The molecule has 1 atom stereocenters. The van der Waals surface area contributed by atoms with Crippen LogP contribution in [0, 0.1) is 5.92 Å². The van der Waals surface area contributed by atoms with Crippen molar-refractivity contribution in [2.75, 3.05) is 5.75 Å². The van der Waals surface area contributed by atoms with E-state index in [1.165, 1.54) is 0 Å². The molecule has 12 heavy (non-hydrogen) atoms. The van der Waals surface area contributed by atoms with Crippen LogP contribution in [0.5, 0.6) is 0 Å². The first-order valence-electron chi connectivity index (χ1n) is 4.72. The number of hydrogen-bond donors (Lipinski definition) is 0. The zero-order valence-electron chi connectivity index (χ0n) is 8.59. The van der Waals surface area contributed by atoms with E-state index in [9.17, 15) is 4.79 Å². The van der Waals surface area contributed by atoms with E-state index in [-0.39, 0.29) is 5.92 Å². The number of hydrogen-bond acceptors (Lipinski definition) is 2. The minimum absolute atomic E-state index is 0.265. The second kappa shape index (κ2) is 6.53. The molecule has 0 aromatic carbocycles. The first kappa shape index (κ1) is 12.0. The monoisotopic (exact) mass is 188 g/mol. The summed E-state index contributed by atoms with van der Waals surface area (Å²) in [7, 11) is 0. The van der Waals surface area contributed by atoms with Crippen molar-refractivity contribution in [2.45, 2.75) is 45.8 Å². The predicted octanol–water partition coefficient (Wildman–Crippen LogP) is 3.13. The van der Waals surface area contributed by atoms with Gasteiger partial charge in [-0.25, -0.2) is 0 Å². The Labute approximate surface area is 80.3 Å². The van der Waals surface area contributed by atoms with Crippen molar-refractivity contribution >= 4 is 17.5 Å². The van der Waals surface area contributed by atoms with E-state index in [0.29, 0.717) is 16.8 Å². The van der Waals surface area contributed by atoms with Crippen LogP contribution in [-0.2, 0) is 4.79 Å². The van der Waals surface area contributed by atoms with E-state index in [1.807, 2.05) is 6.92 Å². The molecule has 1 unspecified atom stereocenters. The summed E-state index contributed by atoms with van der Waals surface area (Å²) in [6, 6.07) is 0. The zero-order valence-corrected chi connectivity index (χ0v) is 9.41. The van der Waals surface area contributed by atoms with Crippen LogP contribution in [0.25, 0.3) is 0 Å². The maximum absolute atomic E-state index is 11.4. The Kier molecular flexibility index (Phi) is 6.54. The molecule has 0 aromatic heterocycles. The standard InChI is InChI=1S/C10H20OS/c1-5-6-9(4)10(11)7-12-8(2)3/h8-9H,5-7H2,1-4H3. The van der Waals surface area contributed by atoms with Crippen molar-refractivity contribution in [2.24, 2.45) is 5.92 Å². The summed E-state index contributed by atoms with van der Waals surface area (Å²) >= 11 is 1.74. The van der Waals surface area contributed by atoms with Gasteiger partial charge < -0.3 is 0 Å². The van der Waals surface area contributed by atoms with E-state index in [4.69, 9.17) is 0 Å². The van der Waals surface area contributed by atoms with Crippen LogP contribution in [0.1, 0.15) is 40.5 Å². The fourth-order valence-corrected chi connectivity index (χ4v) is 1.77. The van der Waals surface area contributed by atoms with Gasteiger partial charge in [-0.1, -0.05) is 34.1 Å². The molecular formula is C10H20OS.